The lowest BCUT2D eigenvalue weighted by atomic mass is 10.7. The Bertz CT molecular complexity index is 391. The molecule has 1 heterocycles. The van der Waals surface area contributed by atoms with Crippen LogP contribution in [0.3, 0.4) is 0 Å². The summed E-state index contributed by atoms with van der Waals surface area (Å²) in [5.41, 5.74) is 0. The Labute approximate surface area is 69.4 Å². The first-order chi connectivity index (χ1) is 5.57. The molecule has 1 aliphatic carbocycles. The van der Waals surface area contributed by atoms with Gasteiger partial charge in [0.2, 0.25) is 0 Å². The van der Waals surface area contributed by atoms with E-state index in [1.807, 2.05) is 0 Å². The second kappa shape index (κ2) is 2.27. The average Bonchev–Trinajstić information content (AvgIpc) is 2.66. The van der Waals surface area contributed by atoms with Crippen LogP contribution in [0, 0.1) is 0 Å². The monoisotopic (exact) mass is 188 g/mol. The fourth-order valence-corrected chi connectivity index (χ4v) is 1.31. The molecule has 0 aromatic carbocycles. The van der Waals surface area contributed by atoms with Crippen LogP contribution in [0.25, 0.3) is 0 Å². The van der Waals surface area contributed by atoms with Gasteiger partial charge in [-0.1, -0.05) is 0 Å². The molecule has 12 heavy (non-hydrogen) atoms. The van der Waals surface area contributed by atoms with Crippen LogP contribution in [0.15, 0.2) is 11.5 Å². The molecule has 6 nitrogen and oxygen atoms in total. The van der Waals surface area contributed by atoms with Gasteiger partial charge in [-0.3, -0.25) is 0 Å². The third-order valence-corrected chi connectivity index (χ3v) is 2.36. The van der Waals surface area contributed by atoms with E-state index in [0.717, 1.165) is 12.8 Å². The van der Waals surface area contributed by atoms with E-state index in [2.05, 4.69) is 10.1 Å². The number of nitrogens with zero attached hydrogens (tertiary/aromatic N) is 3. The van der Waals surface area contributed by atoms with Crippen molar-refractivity contribution >= 4 is 10.0 Å². The van der Waals surface area contributed by atoms with Gasteiger partial charge >= 0.3 is 0 Å². The number of sulfonamides is 1. The van der Waals surface area contributed by atoms with Gasteiger partial charge in [-0.15, -0.1) is 5.10 Å². The summed E-state index contributed by atoms with van der Waals surface area (Å²) in [5.74, 6) is 0. The highest BCUT2D eigenvalue weighted by atomic mass is 32.2. The molecule has 0 aliphatic heterocycles. The molecule has 0 bridgehead atoms. The van der Waals surface area contributed by atoms with Crippen LogP contribution in [0.4, 0.5) is 0 Å². The smallest absolute Gasteiger partial charge is 0.249 e. The number of aromatic nitrogens is 3. The first kappa shape index (κ1) is 7.69. The van der Waals surface area contributed by atoms with E-state index in [9.17, 15) is 8.42 Å². The van der Waals surface area contributed by atoms with E-state index in [1.165, 1.54) is 6.33 Å². The minimum Gasteiger partial charge on any atom is -0.249 e. The average molecular weight is 188 g/mol. The Morgan fingerprint density at radius 2 is 2.25 bits per heavy atom. The van der Waals surface area contributed by atoms with Gasteiger partial charge in [-0.25, -0.2) is 23.2 Å². The Morgan fingerprint density at radius 3 is 2.67 bits per heavy atom. The highest BCUT2D eigenvalue weighted by Gasteiger charge is 2.26. The predicted molar refractivity (Wildman–Crippen MR) is 39.7 cm³/mol. The van der Waals surface area contributed by atoms with Gasteiger partial charge in [0.05, 0.1) is 6.04 Å². The van der Waals surface area contributed by atoms with Crippen molar-refractivity contribution in [2.45, 2.75) is 24.0 Å². The van der Waals surface area contributed by atoms with E-state index in [1.54, 1.807) is 4.68 Å². The fourth-order valence-electron chi connectivity index (χ4n) is 0.904. The summed E-state index contributed by atoms with van der Waals surface area (Å²) in [7, 11) is -3.73. The van der Waals surface area contributed by atoms with Gasteiger partial charge in [0, 0.05) is 0 Å². The summed E-state index contributed by atoms with van der Waals surface area (Å²) in [4.78, 5) is 3.59. The van der Waals surface area contributed by atoms with Gasteiger partial charge in [0.25, 0.3) is 15.2 Å². The summed E-state index contributed by atoms with van der Waals surface area (Å²) >= 11 is 0. The Morgan fingerprint density at radius 1 is 1.58 bits per heavy atom. The molecule has 0 unspecified atom stereocenters. The zero-order valence-corrected chi connectivity index (χ0v) is 7.03. The molecule has 1 aromatic rings. The molecule has 1 saturated carbocycles. The van der Waals surface area contributed by atoms with Crippen molar-refractivity contribution in [1.82, 2.24) is 14.8 Å². The third kappa shape index (κ3) is 1.32. The summed E-state index contributed by atoms with van der Waals surface area (Å²) < 4.78 is 23.0. The van der Waals surface area contributed by atoms with Gasteiger partial charge in [0.1, 0.15) is 6.33 Å². The molecule has 2 rings (SSSR count). The van der Waals surface area contributed by atoms with Crippen molar-refractivity contribution in [3.63, 3.8) is 0 Å². The molecular weight excluding hydrogens is 180 g/mol. The Kier molecular flexibility index (Phi) is 1.45. The van der Waals surface area contributed by atoms with Gasteiger partial charge in [-0.2, -0.15) is 0 Å². The molecule has 1 aliphatic rings. The highest BCUT2D eigenvalue weighted by Crippen LogP contribution is 2.33. The molecule has 66 valence electrons. The summed E-state index contributed by atoms with van der Waals surface area (Å²) in [5, 5.41) is 8.26. The molecule has 0 spiro atoms. The number of nitrogens with two attached hydrogens (primary N) is 1. The molecule has 2 N–H and O–H groups in total. The van der Waals surface area contributed by atoms with Crippen molar-refractivity contribution in [2.75, 3.05) is 0 Å². The van der Waals surface area contributed by atoms with Crippen molar-refractivity contribution in [1.29, 1.82) is 0 Å². The summed E-state index contributed by atoms with van der Waals surface area (Å²) in [6.07, 6.45) is 3.47. The largest absolute Gasteiger partial charge is 0.281 e. The predicted octanol–water partition coefficient (Wildman–Crippen LogP) is -0.740. The SMILES string of the molecule is NS(=O)(=O)c1ncn(C2CC2)n1. The lowest BCUT2D eigenvalue weighted by molar-refractivity contribution is 0.577. The van der Waals surface area contributed by atoms with Gasteiger partial charge < -0.3 is 0 Å². The molecule has 1 aromatic heterocycles. The zero-order chi connectivity index (χ0) is 8.77. The van der Waals surface area contributed by atoms with Crippen LogP contribution in [0.1, 0.15) is 18.9 Å². The molecule has 7 heteroatoms. The maximum absolute atomic E-state index is 10.7. The molecule has 1 fully saturated rings. The van der Waals surface area contributed by atoms with E-state index in [0.29, 0.717) is 6.04 Å². The minimum absolute atomic E-state index is 0.297. The zero-order valence-electron chi connectivity index (χ0n) is 6.21. The maximum atomic E-state index is 10.7. The second-order valence-electron chi connectivity index (χ2n) is 2.78. The van der Waals surface area contributed by atoms with Crippen molar-refractivity contribution in [3.05, 3.63) is 6.33 Å². The van der Waals surface area contributed by atoms with E-state index in [4.69, 9.17) is 5.14 Å². The van der Waals surface area contributed by atoms with Crippen LogP contribution < -0.4 is 5.14 Å². The minimum atomic E-state index is -3.73. The van der Waals surface area contributed by atoms with Gasteiger partial charge in [0.15, 0.2) is 0 Å². The number of rotatable bonds is 2. The number of primary sulfonamides is 1. The van der Waals surface area contributed by atoms with Crippen LogP contribution in [0.2, 0.25) is 0 Å². The number of hydrogen-bond acceptors (Lipinski definition) is 4. The lowest BCUT2D eigenvalue weighted by Crippen LogP contribution is -2.14. The molecule has 0 saturated heterocycles. The van der Waals surface area contributed by atoms with Crippen LogP contribution in [0.5, 0.6) is 0 Å². The standard InChI is InChI=1S/C5H8N4O2S/c6-12(10,11)5-7-3-9(8-5)4-1-2-4/h3-4H,1-2H2,(H2,6,10,11). The van der Waals surface area contributed by atoms with Crippen molar-refractivity contribution < 1.29 is 8.42 Å². The van der Waals surface area contributed by atoms with Crippen LogP contribution in [-0.2, 0) is 10.0 Å². The molecule has 0 amide bonds. The maximum Gasteiger partial charge on any atom is 0.281 e. The van der Waals surface area contributed by atoms with Gasteiger partial charge in [-0.05, 0) is 12.8 Å². The quantitative estimate of drug-likeness (QED) is 0.661. The second-order valence-corrected chi connectivity index (χ2v) is 4.24. The molecular formula is C5H8N4O2S. The van der Waals surface area contributed by atoms with Crippen molar-refractivity contribution in [2.24, 2.45) is 5.14 Å². The fraction of sp³-hybridized carbons (Fsp3) is 0.600. The van der Waals surface area contributed by atoms with E-state index >= 15 is 0 Å². The normalized spacial score (nSPS) is 18.1. The van der Waals surface area contributed by atoms with Crippen LogP contribution >= 0.6 is 0 Å². The molecule has 0 atom stereocenters. The lowest BCUT2D eigenvalue weighted by Gasteiger charge is -1.91. The molecule has 0 radical (unpaired) electrons. The Hall–Kier alpha value is -0.950. The highest BCUT2D eigenvalue weighted by molar-refractivity contribution is 7.89. The topological polar surface area (TPSA) is 90.9 Å². The third-order valence-electron chi connectivity index (χ3n) is 1.66. The van der Waals surface area contributed by atoms with E-state index in [-0.39, 0.29) is 5.16 Å². The first-order valence-corrected chi connectivity index (χ1v) is 5.06. The summed E-state index contributed by atoms with van der Waals surface area (Å²) in [6.45, 7) is 0. The summed E-state index contributed by atoms with van der Waals surface area (Å²) in [6, 6.07) is 0.327. The number of hydrogen-bond donors (Lipinski definition) is 1. The Balaban J connectivity index is 2.35. The first-order valence-electron chi connectivity index (χ1n) is 3.51. The van der Waals surface area contributed by atoms with Crippen LogP contribution in [-0.4, -0.2) is 23.2 Å². The van der Waals surface area contributed by atoms with Crippen molar-refractivity contribution in [3.8, 4) is 0 Å². The van der Waals surface area contributed by atoms with E-state index < -0.39 is 10.0 Å².